The van der Waals surface area contributed by atoms with Crippen molar-refractivity contribution in [1.29, 1.82) is 0 Å². The van der Waals surface area contributed by atoms with E-state index in [0.29, 0.717) is 5.56 Å². The molecule has 9 nitrogen and oxygen atoms in total. The SMILES string of the molecule is CCN(CC)c1ccc(C2(c3ccc(N(CC)CC)cc3)OC(=O)c3cc(-c4ccsc4)ccc32)cc1.c1c[nH]nn1.c1ccc2snnc2c1. The van der Waals surface area contributed by atoms with Gasteiger partial charge in [-0.05, 0) is 110 Å². The summed E-state index contributed by atoms with van der Waals surface area (Å²) < 4.78 is 11.3. The molecular weight excluding hydrogens is 675 g/mol. The van der Waals surface area contributed by atoms with Crippen LogP contribution in [0.2, 0.25) is 0 Å². The second kappa shape index (κ2) is 16.5. The van der Waals surface area contributed by atoms with Crippen LogP contribution in [-0.2, 0) is 10.3 Å². The zero-order chi connectivity index (χ0) is 35.6. The summed E-state index contributed by atoms with van der Waals surface area (Å²) in [6, 6.07) is 33.2. The maximum absolute atomic E-state index is 13.4. The molecule has 0 unspecified atom stereocenters. The van der Waals surface area contributed by atoms with Crippen LogP contribution < -0.4 is 9.80 Å². The Morgan fingerprint density at radius 3 is 1.92 bits per heavy atom. The standard InChI is InChI=1S/C32H34N2O2S.C6H4N2S.C2H3N3/c1-5-33(6-2)27-14-10-25(11-15-27)32(26-12-16-28(17-13-26)34(7-3)8-4)30-18-9-23(24-19-20-37-22-24)21-29(30)31(35)36-32;1-2-4-6-5(3-1)7-8-9-6;1-2-4-5-3-1/h9-22H,5-8H2,1-4H3;1-4H;1-2H,(H,3,4,5). The van der Waals surface area contributed by atoms with Crippen LogP contribution in [0.1, 0.15) is 54.7 Å². The third-order valence-corrected chi connectivity index (χ3v) is 10.4. The predicted molar refractivity (Wildman–Crippen MR) is 209 cm³/mol. The van der Waals surface area contributed by atoms with Gasteiger partial charge >= 0.3 is 5.97 Å². The van der Waals surface area contributed by atoms with Crippen LogP contribution in [0.5, 0.6) is 0 Å². The highest BCUT2D eigenvalue weighted by molar-refractivity contribution is 7.12. The zero-order valence-corrected chi connectivity index (χ0v) is 30.8. The van der Waals surface area contributed by atoms with Crippen molar-refractivity contribution in [3.05, 3.63) is 142 Å². The highest BCUT2D eigenvalue weighted by Crippen LogP contribution is 2.48. The molecule has 0 aliphatic carbocycles. The Labute approximate surface area is 306 Å². The molecule has 4 heterocycles. The van der Waals surface area contributed by atoms with Gasteiger partial charge in [-0.2, -0.15) is 11.3 Å². The molecule has 1 N–H and O–H groups in total. The van der Waals surface area contributed by atoms with Crippen LogP contribution in [0.25, 0.3) is 21.3 Å². The highest BCUT2D eigenvalue weighted by Gasteiger charge is 2.48. The summed E-state index contributed by atoms with van der Waals surface area (Å²) in [5, 5.41) is 17.3. The monoisotopic (exact) mass is 715 g/mol. The largest absolute Gasteiger partial charge is 0.441 e. The lowest BCUT2D eigenvalue weighted by Gasteiger charge is -2.32. The summed E-state index contributed by atoms with van der Waals surface area (Å²) in [5.74, 6) is -0.285. The van der Waals surface area contributed by atoms with Gasteiger partial charge in [0, 0.05) is 60.4 Å². The highest BCUT2D eigenvalue weighted by atomic mass is 32.1. The lowest BCUT2D eigenvalue weighted by atomic mass is 9.79. The first kappa shape index (κ1) is 35.4. The lowest BCUT2D eigenvalue weighted by molar-refractivity contribution is 0.0251. The second-order valence-electron chi connectivity index (χ2n) is 11.7. The van der Waals surface area contributed by atoms with E-state index in [1.165, 1.54) is 11.5 Å². The molecule has 0 radical (unpaired) electrons. The average Bonchev–Trinajstić information content (AvgIpc) is 4.03. The van der Waals surface area contributed by atoms with E-state index in [0.717, 1.165) is 75.6 Å². The Morgan fingerprint density at radius 1 is 0.765 bits per heavy atom. The van der Waals surface area contributed by atoms with Crippen LogP contribution in [0, 0.1) is 0 Å². The molecule has 0 fully saturated rings. The number of benzene rings is 4. The van der Waals surface area contributed by atoms with E-state index in [-0.39, 0.29) is 5.97 Å². The van der Waals surface area contributed by atoms with Crippen molar-refractivity contribution in [1.82, 2.24) is 25.0 Å². The topological polar surface area (TPSA) is 100 Å². The van der Waals surface area contributed by atoms with Crippen molar-refractivity contribution < 1.29 is 9.53 Å². The fourth-order valence-electron chi connectivity index (χ4n) is 6.36. The van der Waals surface area contributed by atoms with Crippen molar-refractivity contribution in [2.45, 2.75) is 33.3 Å². The molecule has 1 aliphatic heterocycles. The number of thiophene rings is 1. The average molecular weight is 716 g/mol. The minimum absolute atomic E-state index is 0.285. The van der Waals surface area contributed by atoms with Crippen molar-refractivity contribution in [2.24, 2.45) is 0 Å². The summed E-state index contributed by atoms with van der Waals surface area (Å²) in [7, 11) is 0. The molecule has 1 aliphatic rings. The van der Waals surface area contributed by atoms with Gasteiger partial charge in [-0.15, -0.1) is 10.2 Å². The van der Waals surface area contributed by atoms with Crippen LogP contribution >= 0.6 is 22.9 Å². The zero-order valence-electron chi connectivity index (χ0n) is 29.2. The molecule has 260 valence electrons. The number of hydrogen-bond donors (Lipinski definition) is 1. The molecule has 0 saturated carbocycles. The van der Waals surface area contributed by atoms with E-state index in [4.69, 9.17) is 4.74 Å². The molecule has 0 amide bonds. The number of aromatic nitrogens is 5. The molecule has 51 heavy (non-hydrogen) atoms. The number of carbonyl (C=O) groups excluding carboxylic acids is 1. The van der Waals surface area contributed by atoms with E-state index in [1.807, 2.05) is 30.3 Å². The van der Waals surface area contributed by atoms with Crippen LogP contribution in [0.15, 0.2) is 120 Å². The van der Waals surface area contributed by atoms with Crippen LogP contribution in [-0.4, -0.2) is 57.1 Å². The summed E-state index contributed by atoms with van der Waals surface area (Å²) in [6.07, 6.45) is 3.24. The maximum atomic E-state index is 13.4. The van der Waals surface area contributed by atoms with E-state index in [2.05, 4.69) is 140 Å². The Hall–Kier alpha value is -5.39. The van der Waals surface area contributed by atoms with Crippen LogP contribution in [0.4, 0.5) is 11.4 Å². The van der Waals surface area contributed by atoms with Gasteiger partial charge in [-0.1, -0.05) is 58.2 Å². The fraction of sp³-hybridized carbons (Fsp3) is 0.225. The molecule has 4 aromatic carbocycles. The summed E-state index contributed by atoms with van der Waals surface area (Å²) in [4.78, 5) is 18.1. The third-order valence-electron chi connectivity index (χ3n) is 9.01. The molecular formula is C40H41N7O2S2. The number of hydrogen-bond acceptors (Lipinski definition) is 10. The van der Waals surface area contributed by atoms with Gasteiger partial charge in [-0.25, -0.2) is 4.79 Å². The first-order valence-electron chi connectivity index (χ1n) is 17.1. The number of ether oxygens (including phenoxy) is 1. The molecule has 11 heteroatoms. The first-order valence-corrected chi connectivity index (χ1v) is 18.8. The number of anilines is 2. The van der Waals surface area contributed by atoms with Gasteiger partial charge < -0.3 is 14.5 Å². The molecule has 3 aromatic heterocycles. The lowest BCUT2D eigenvalue weighted by Crippen LogP contribution is -2.30. The number of nitrogens with one attached hydrogen (secondary N) is 1. The number of cyclic esters (lactones) is 1. The number of H-pyrrole nitrogens is 1. The van der Waals surface area contributed by atoms with E-state index in [1.54, 1.807) is 23.7 Å². The number of esters is 1. The summed E-state index contributed by atoms with van der Waals surface area (Å²) in [5.41, 5.74) is 7.89. The molecule has 0 atom stereocenters. The Kier molecular flexibility index (Phi) is 11.5. The minimum Gasteiger partial charge on any atom is -0.441 e. The minimum atomic E-state index is -0.997. The van der Waals surface area contributed by atoms with Crippen LogP contribution in [0.3, 0.4) is 0 Å². The van der Waals surface area contributed by atoms with Gasteiger partial charge in [0.25, 0.3) is 0 Å². The number of aromatic amines is 1. The summed E-state index contributed by atoms with van der Waals surface area (Å²) >= 11 is 3.08. The number of rotatable bonds is 9. The predicted octanol–water partition coefficient (Wildman–Crippen LogP) is 9.07. The third kappa shape index (κ3) is 7.54. The second-order valence-corrected chi connectivity index (χ2v) is 13.2. The fourth-order valence-corrected chi connectivity index (χ4v) is 7.58. The molecule has 0 bridgehead atoms. The smallest absolute Gasteiger partial charge is 0.340 e. The van der Waals surface area contributed by atoms with Gasteiger partial charge in [0.15, 0.2) is 5.60 Å². The molecule has 7 aromatic rings. The van der Waals surface area contributed by atoms with Crippen molar-refractivity contribution in [2.75, 3.05) is 36.0 Å². The van der Waals surface area contributed by atoms with Gasteiger partial charge in [-0.3, -0.25) is 5.10 Å². The van der Waals surface area contributed by atoms with E-state index < -0.39 is 5.60 Å². The number of nitrogens with zero attached hydrogens (tertiary/aromatic N) is 6. The van der Waals surface area contributed by atoms with E-state index >= 15 is 0 Å². The van der Waals surface area contributed by atoms with Gasteiger partial charge in [0.1, 0.15) is 5.52 Å². The molecule has 0 saturated heterocycles. The number of carbonyl (C=O) groups is 1. The molecule has 8 rings (SSSR count). The Morgan fingerprint density at radius 2 is 1.41 bits per heavy atom. The quantitative estimate of drug-likeness (QED) is 0.148. The van der Waals surface area contributed by atoms with Crippen molar-refractivity contribution in [3.63, 3.8) is 0 Å². The summed E-state index contributed by atoms with van der Waals surface area (Å²) in [6.45, 7) is 12.4. The van der Waals surface area contributed by atoms with Gasteiger partial charge in [0.05, 0.1) is 16.5 Å². The van der Waals surface area contributed by atoms with Crippen molar-refractivity contribution >= 4 is 50.4 Å². The van der Waals surface area contributed by atoms with Crippen molar-refractivity contribution in [3.8, 4) is 11.1 Å². The normalized spacial score (nSPS) is 12.6. The Balaban J connectivity index is 0.000000262. The molecule has 0 spiro atoms. The Bertz CT molecular complexity index is 2000. The van der Waals surface area contributed by atoms with E-state index in [9.17, 15) is 4.79 Å². The maximum Gasteiger partial charge on any atom is 0.340 e. The first-order chi connectivity index (χ1) is 25.0. The van der Waals surface area contributed by atoms with Gasteiger partial charge in [0.2, 0.25) is 0 Å². The number of fused-ring (bicyclic) bond motifs is 2.